The Labute approximate surface area is 70.3 Å². The van der Waals surface area contributed by atoms with Gasteiger partial charge in [-0.25, -0.2) is 4.94 Å². The maximum Gasteiger partial charge on any atom is 0.119 e. The van der Waals surface area contributed by atoms with Crippen LogP contribution in [-0.2, 0) is 4.94 Å². The highest BCUT2D eigenvalue weighted by Gasteiger charge is 1.94. The number of nitrogens with one attached hydrogen (secondary N) is 1. The van der Waals surface area contributed by atoms with Crippen molar-refractivity contribution in [3.05, 3.63) is 30.1 Å². The molecule has 0 unspecified atom stereocenters. The monoisotopic (exact) mass is 168 g/mol. The van der Waals surface area contributed by atoms with Gasteiger partial charge in [-0.15, -0.1) is 0 Å². The zero-order valence-corrected chi connectivity index (χ0v) is 6.65. The van der Waals surface area contributed by atoms with Gasteiger partial charge in [0.05, 0.1) is 7.11 Å². The van der Waals surface area contributed by atoms with Crippen LogP contribution in [0.15, 0.2) is 24.3 Å². The van der Waals surface area contributed by atoms with Crippen LogP contribution in [0.1, 0.15) is 0 Å². The molecule has 0 aliphatic carbocycles. The minimum Gasteiger partial charge on any atom is -0.554 e. The van der Waals surface area contributed by atoms with Gasteiger partial charge >= 0.3 is 0 Å². The molecule has 0 aromatic heterocycles. The fourth-order valence-electron chi connectivity index (χ4n) is 0.778. The standard InChI is InChI=1S/C7H10N3O2/c1-11-7-4-2-6(3-5-7)10(8)12-9/h2-5,8H,9H2,1H3/q-1. The van der Waals surface area contributed by atoms with Gasteiger partial charge in [0.1, 0.15) is 5.75 Å². The molecule has 0 aliphatic heterocycles. The van der Waals surface area contributed by atoms with Crippen molar-refractivity contribution in [2.75, 3.05) is 12.3 Å². The molecule has 1 aromatic carbocycles. The highest BCUT2D eigenvalue weighted by Crippen LogP contribution is 2.18. The van der Waals surface area contributed by atoms with Crippen molar-refractivity contribution in [1.82, 2.24) is 0 Å². The number of benzene rings is 1. The fourth-order valence-corrected chi connectivity index (χ4v) is 0.778. The lowest BCUT2D eigenvalue weighted by molar-refractivity contribution is 0.136. The van der Waals surface area contributed by atoms with Gasteiger partial charge in [-0.05, 0) is 24.3 Å². The Balaban J connectivity index is 2.77. The molecule has 66 valence electrons. The van der Waals surface area contributed by atoms with Gasteiger partial charge < -0.3 is 15.8 Å². The van der Waals surface area contributed by atoms with E-state index in [0.29, 0.717) is 10.9 Å². The molecule has 3 N–H and O–H groups in total. The minimum atomic E-state index is 0.540. The van der Waals surface area contributed by atoms with Crippen LogP contribution in [-0.4, -0.2) is 7.11 Å². The summed E-state index contributed by atoms with van der Waals surface area (Å²) in [5.41, 5.74) is 0.540. The Morgan fingerprint density at radius 2 is 1.92 bits per heavy atom. The van der Waals surface area contributed by atoms with Crippen LogP contribution in [0.3, 0.4) is 0 Å². The first-order valence-electron chi connectivity index (χ1n) is 3.30. The van der Waals surface area contributed by atoms with Gasteiger partial charge in [-0.2, -0.15) is 5.90 Å². The van der Waals surface area contributed by atoms with Crippen molar-refractivity contribution in [2.45, 2.75) is 0 Å². The zero-order chi connectivity index (χ0) is 8.97. The molecule has 1 aromatic rings. The predicted octanol–water partition coefficient (Wildman–Crippen LogP) is 1.27. The quantitative estimate of drug-likeness (QED) is 0.690. The van der Waals surface area contributed by atoms with E-state index in [-0.39, 0.29) is 0 Å². The van der Waals surface area contributed by atoms with Crippen LogP contribution in [0.5, 0.6) is 5.75 Å². The molecular formula is C7H10N3O2-. The molecule has 1 rings (SSSR count). The number of rotatable bonds is 3. The van der Waals surface area contributed by atoms with E-state index in [4.69, 9.17) is 16.5 Å². The lowest BCUT2D eigenvalue weighted by Gasteiger charge is -2.23. The summed E-state index contributed by atoms with van der Waals surface area (Å²) in [5, 5.41) is 0.708. The van der Waals surface area contributed by atoms with Crippen molar-refractivity contribution in [1.29, 1.82) is 0 Å². The summed E-state index contributed by atoms with van der Waals surface area (Å²) in [6.07, 6.45) is 0. The molecule has 0 bridgehead atoms. The van der Waals surface area contributed by atoms with E-state index in [1.54, 1.807) is 31.4 Å². The van der Waals surface area contributed by atoms with Gasteiger partial charge in [-0.3, -0.25) is 0 Å². The molecule has 0 fully saturated rings. The second-order valence-electron chi connectivity index (χ2n) is 2.10. The molecule has 0 aliphatic rings. The van der Waals surface area contributed by atoms with E-state index in [1.807, 2.05) is 0 Å². The second-order valence-corrected chi connectivity index (χ2v) is 2.10. The number of nitrogens with two attached hydrogens (primary N) is 1. The molecule has 0 amide bonds. The van der Waals surface area contributed by atoms with E-state index in [9.17, 15) is 0 Å². The maximum atomic E-state index is 7.13. The van der Waals surface area contributed by atoms with Crippen LogP contribution in [0, 0.1) is 0 Å². The lowest BCUT2D eigenvalue weighted by atomic mass is 10.3. The minimum absolute atomic E-state index is 0.540. The maximum absolute atomic E-state index is 7.13. The number of hydrogen-bond acceptors (Lipinski definition) is 4. The summed E-state index contributed by atoms with van der Waals surface area (Å²) >= 11 is 0. The Morgan fingerprint density at radius 3 is 2.33 bits per heavy atom. The third kappa shape index (κ3) is 1.85. The van der Waals surface area contributed by atoms with Crippen LogP contribution >= 0.6 is 0 Å². The number of nitrogens with zero attached hydrogens (tertiary/aromatic N) is 1. The molecular weight excluding hydrogens is 158 g/mol. The smallest absolute Gasteiger partial charge is 0.119 e. The van der Waals surface area contributed by atoms with E-state index in [0.717, 1.165) is 5.75 Å². The van der Waals surface area contributed by atoms with Crippen molar-refractivity contribution in [3.63, 3.8) is 0 Å². The summed E-state index contributed by atoms with van der Waals surface area (Å²) in [6, 6.07) is 6.77. The Kier molecular flexibility index (Phi) is 2.87. The van der Waals surface area contributed by atoms with Crippen molar-refractivity contribution >= 4 is 5.69 Å². The number of anilines is 1. The van der Waals surface area contributed by atoms with E-state index < -0.39 is 0 Å². The molecule has 5 nitrogen and oxygen atoms in total. The highest BCUT2D eigenvalue weighted by molar-refractivity contribution is 5.47. The normalized spacial score (nSPS) is 9.58. The van der Waals surface area contributed by atoms with Crippen molar-refractivity contribution in [2.24, 2.45) is 5.90 Å². The first-order valence-corrected chi connectivity index (χ1v) is 3.30. The fraction of sp³-hybridized carbons (Fsp3) is 0.143. The molecule has 0 radical (unpaired) electrons. The number of ether oxygens (including phenoxy) is 1. The predicted molar refractivity (Wildman–Crippen MR) is 45.1 cm³/mol. The van der Waals surface area contributed by atoms with Crippen LogP contribution < -0.4 is 15.8 Å². The van der Waals surface area contributed by atoms with Gasteiger partial charge in [0, 0.05) is 5.69 Å². The molecule has 5 heteroatoms. The van der Waals surface area contributed by atoms with Gasteiger partial charge in [0.2, 0.25) is 0 Å². The third-order valence-electron chi connectivity index (χ3n) is 1.41. The SMILES string of the molecule is COc1ccc(N([NH-])ON)cc1. The van der Waals surface area contributed by atoms with E-state index in [2.05, 4.69) is 4.94 Å². The van der Waals surface area contributed by atoms with Crippen molar-refractivity contribution < 1.29 is 9.68 Å². The second kappa shape index (κ2) is 3.91. The van der Waals surface area contributed by atoms with E-state index >= 15 is 0 Å². The summed E-state index contributed by atoms with van der Waals surface area (Å²) in [6.45, 7) is 0. The average Bonchev–Trinajstić information content (AvgIpc) is 2.17. The first kappa shape index (κ1) is 8.79. The largest absolute Gasteiger partial charge is 0.554 e. The topological polar surface area (TPSA) is 71.5 Å². The lowest BCUT2D eigenvalue weighted by Crippen LogP contribution is -2.17. The highest BCUT2D eigenvalue weighted by atomic mass is 16.8. The summed E-state index contributed by atoms with van der Waals surface area (Å²) in [4.78, 5) is 4.17. The Morgan fingerprint density at radius 1 is 1.33 bits per heavy atom. The summed E-state index contributed by atoms with van der Waals surface area (Å²) in [7, 11) is 1.58. The van der Waals surface area contributed by atoms with Gasteiger partial charge in [0.25, 0.3) is 0 Å². The van der Waals surface area contributed by atoms with Gasteiger partial charge in [0.15, 0.2) is 0 Å². The summed E-state index contributed by atoms with van der Waals surface area (Å²) < 4.78 is 4.93. The van der Waals surface area contributed by atoms with Crippen molar-refractivity contribution in [3.8, 4) is 5.75 Å². The van der Waals surface area contributed by atoms with Crippen LogP contribution in [0.4, 0.5) is 5.69 Å². The number of hydrogen-bond donors (Lipinski definition) is 1. The molecule has 0 heterocycles. The Hall–Kier alpha value is -1.30. The zero-order valence-electron chi connectivity index (χ0n) is 6.65. The Bertz CT molecular complexity index is 237. The van der Waals surface area contributed by atoms with Crippen LogP contribution in [0.2, 0.25) is 0 Å². The average molecular weight is 168 g/mol. The molecule has 0 saturated carbocycles. The van der Waals surface area contributed by atoms with Gasteiger partial charge in [-0.1, -0.05) is 0 Å². The molecule has 0 atom stereocenters. The van der Waals surface area contributed by atoms with E-state index in [1.165, 1.54) is 0 Å². The molecule has 0 saturated heterocycles. The third-order valence-corrected chi connectivity index (χ3v) is 1.41. The molecule has 12 heavy (non-hydrogen) atoms. The molecule has 0 spiro atoms. The van der Waals surface area contributed by atoms with Crippen LogP contribution in [0.25, 0.3) is 5.84 Å². The summed E-state index contributed by atoms with van der Waals surface area (Å²) in [5.74, 6) is 12.6. The number of methoxy groups -OCH3 is 1. The first-order chi connectivity index (χ1) is 5.77.